The number of rotatable bonds is 7. The number of aromatic nitrogens is 3. The Labute approximate surface area is 180 Å². The molecular weight excluding hydrogens is 394 g/mol. The van der Waals surface area contributed by atoms with Crippen molar-refractivity contribution >= 4 is 29.0 Å². The summed E-state index contributed by atoms with van der Waals surface area (Å²) in [6.07, 6.45) is 4.82. The Morgan fingerprint density at radius 2 is 1.70 bits per heavy atom. The fraction of sp³-hybridized carbons (Fsp3) is 0.348. The van der Waals surface area contributed by atoms with E-state index in [4.69, 9.17) is 0 Å². The Morgan fingerprint density at radius 3 is 2.40 bits per heavy atom. The molecule has 2 aromatic carbocycles. The third-order valence-corrected chi connectivity index (χ3v) is 6.50. The predicted octanol–water partition coefficient (Wildman–Crippen LogP) is 4.48. The summed E-state index contributed by atoms with van der Waals surface area (Å²) in [5, 5.41) is 12.6. The number of hydrogen-bond acceptors (Lipinski definition) is 5. The molecule has 1 aliphatic heterocycles. The van der Waals surface area contributed by atoms with Gasteiger partial charge in [-0.25, -0.2) is 0 Å². The van der Waals surface area contributed by atoms with Crippen LogP contribution in [0.3, 0.4) is 0 Å². The summed E-state index contributed by atoms with van der Waals surface area (Å²) >= 11 is 1.43. The van der Waals surface area contributed by atoms with Crippen LogP contribution in [0, 0.1) is 0 Å². The number of nitrogens with zero attached hydrogens (tertiary/aromatic N) is 4. The van der Waals surface area contributed by atoms with E-state index in [1.165, 1.54) is 30.3 Å². The van der Waals surface area contributed by atoms with Gasteiger partial charge in [-0.2, -0.15) is 0 Å². The molecule has 2 aliphatic rings. The number of para-hydroxylation sites is 1. The van der Waals surface area contributed by atoms with Crippen molar-refractivity contribution in [1.29, 1.82) is 0 Å². The summed E-state index contributed by atoms with van der Waals surface area (Å²) < 4.78 is 2.10. The van der Waals surface area contributed by atoms with Crippen LogP contribution >= 0.6 is 11.8 Å². The van der Waals surface area contributed by atoms with Gasteiger partial charge in [-0.15, -0.1) is 10.2 Å². The first-order valence-corrected chi connectivity index (χ1v) is 11.5. The summed E-state index contributed by atoms with van der Waals surface area (Å²) in [6.45, 7) is 2.24. The summed E-state index contributed by atoms with van der Waals surface area (Å²) in [5.41, 5.74) is 3.10. The number of benzene rings is 2. The molecule has 0 spiro atoms. The van der Waals surface area contributed by atoms with Gasteiger partial charge in [0.15, 0.2) is 5.16 Å². The zero-order chi connectivity index (χ0) is 20.3. The topological polar surface area (TPSA) is 63.1 Å². The van der Waals surface area contributed by atoms with E-state index in [0.717, 1.165) is 48.3 Å². The molecule has 1 aromatic heterocycles. The standard InChI is InChI=1S/C23H25N5OS/c29-21(24-18-10-12-19(13-11-18)27-14-4-5-15-27)16-30-23-26-25-22(17-8-9-17)28(23)20-6-2-1-3-7-20/h1-3,6-7,10-13,17H,4-5,8-9,14-16H2,(H,24,29). The molecule has 154 valence electrons. The van der Waals surface area contributed by atoms with E-state index in [0.29, 0.717) is 11.7 Å². The van der Waals surface area contributed by atoms with Crippen molar-refractivity contribution < 1.29 is 4.79 Å². The van der Waals surface area contributed by atoms with Gasteiger partial charge < -0.3 is 10.2 Å². The molecule has 0 atom stereocenters. The maximum atomic E-state index is 12.5. The number of hydrogen-bond donors (Lipinski definition) is 1. The molecule has 1 saturated carbocycles. The van der Waals surface area contributed by atoms with Crippen LogP contribution < -0.4 is 10.2 Å². The first-order valence-electron chi connectivity index (χ1n) is 10.6. The average Bonchev–Trinajstić information content (AvgIpc) is 3.31. The molecule has 0 bridgehead atoms. The highest BCUT2D eigenvalue weighted by molar-refractivity contribution is 7.99. The van der Waals surface area contributed by atoms with Crippen LogP contribution in [-0.2, 0) is 4.79 Å². The molecule has 0 unspecified atom stereocenters. The second-order valence-corrected chi connectivity index (χ2v) is 8.81. The highest BCUT2D eigenvalue weighted by Gasteiger charge is 2.31. The third-order valence-electron chi connectivity index (χ3n) is 5.57. The van der Waals surface area contributed by atoms with Gasteiger partial charge >= 0.3 is 0 Å². The molecule has 5 rings (SSSR count). The lowest BCUT2D eigenvalue weighted by molar-refractivity contribution is -0.113. The molecule has 6 nitrogen and oxygen atoms in total. The van der Waals surface area contributed by atoms with Crippen LogP contribution in [0.25, 0.3) is 5.69 Å². The van der Waals surface area contributed by atoms with Crippen LogP contribution in [0.5, 0.6) is 0 Å². The SMILES string of the molecule is O=C(CSc1nnc(C2CC2)n1-c1ccccc1)Nc1ccc(N2CCCC2)cc1. The predicted molar refractivity (Wildman–Crippen MR) is 121 cm³/mol. The van der Waals surface area contributed by atoms with Gasteiger partial charge in [0.25, 0.3) is 0 Å². The fourth-order valence-electron chi connectivity index (χ4n) is 3.86. The minimum absolute atomic E-state index is 0.0375. The maximum absolute atomic E-state index is 12.5. The van der Waals surface area contributed by atoms with Gasteiger partial charge in [-0.3, -0.25) is 9.36 Å². The van der Waals surface area contributed by atoms with Crippen molar-refractivity contribution in [2.75, 3.05) is 29.1 Å². The molecule has 0 radical (unpaired) electrons. The molecular formula is C23H25N5OS. The number of carbonyl (C=O) groups excluding carboxylic acids is 1. The highest BCUT2D eigenvalue weighted by atomic mass is 32.2. The lowest BCUT2D eigenvalue weighted by Crippen LogP contribution is -2.18. The number of thioether (sulfide) groups is 1. The van der Waals surface area contributed by atoms with E-state index in [2.05, 4.69) is 49.2 Å². The quantitative estimate of drug-likeness (QED) is 0.572. The minimum Gasteiger partial charge on any atom is -0.372 e. The van der Waals surface area contributed by atoms with Crippen LogP contribution in [-0.4, -0.2) is 39.5 Å². The molecule has 3 aromatic rings. The molecule has 1 amide bonds. The monoisotopic (exact) mass is 419 g/mol. The second kappa shape index (κ2) is 8.52. The van der Waals surface area contributed by atoms with Crippen LogP contribution in [0.1, 0.15) is 37.4 Å². The summed E-state index contributed by atoms with van der Waals surface area (Å²) in [6, 6.07) is 18.3. The van der Waals surface area contributed by atoms with E-state index in [9.17, 15) is 4.79 Å². The highest BCUT2D eigenvalue weighted by Crippen LogP contribution is 2.41. The number of nitrogens with one attached hydrogen (secondary N) is 1. The Balaban J connectivity index is 1.23. The van der Waals surface area contributed by atoms with Crippen molar-refractivity contribution in [3.63, 3.8) is 0 Å². The van der Waals surface area contributed by atoms with E-state index in [1.807, 2.05) is 30.3 Å². The van der Waals surface area contributed by atoms with Gasteiger partial charge in [-0.1, -0.05) is 30.0 Å². The Morgan fingerprint density at radius 1 is 0.967 bits per heavy atom. The summed E-state index contributed by atoms with van der Waals surface area (Å²) in [4.78, 5) is 14.9. The number of anilines is 2. The largest absolute Gasteiger partial charge is 0.372 e. The van der Waals surface area contributed by atoms with Crippen molar-refractivity contribution in [1.82, 2.24) is 14.8 Å². The molecule has 1 N–H and O–H groups in total. The molecule has 1 aliphatic carbocycles. The molecule has 1 saturated heterocycles. The molecule has 2 fully saturated rings. The second-order valence-electron chi connectivity index (χ2n) is 7.86. The third kappa shape index (κ3) is 4.21. The van der Waals surface area contributed by atoms with Crippen molar-refractivity contribution in [2.45, 2.75) is 36.8 Å². The van der Waals surface area contributed by atoms with Crippen molar-refractivity contribution in [3.8, 4) is 5.69 Å². The fourth-order valence-corrected chi connectivity index (χ4v) is 4.62. The van der Waals surface area contributed by atoms with Gasteiger partial charge in [0, 0.05) is 36.1 Å². The first kappa shape index (κ1) is 19.2. The summed E-state index contributed by atoms with van der Waals surface area (Å²) in [5.74, 6) is 1.74. The maximum Gasteiger partial charge on any atom is 0.234 e. The van der Waals surface area contributed by atoms with E-state index >= 15 is 0 Å². The van der Waals surface area contributed by atoms with E-state index < -0.39 is 0 Å². The minimum atomic E-state index is -0.0375. The zero-order valence-electron chi connectivity index (χ0n) is 16.8. The average molecular weight is 420 g/mol. The number of carbonyl (C=O) groups is 1. The molecule has 2 heterocycles. The molecule has 30 heavy (non-hydrogen) atoms. The number of amides is 1. The smallest absolute Gasteiger partial charge is 0.234 e. The van der Waals surface area contributed by atoms with Gasteiger partial charge in [0.2, 0.25) is 5.91 Å². The summed E-state index contributed by atoms with van der Waals surface area (Å²) in [7, 11) is 0. The van der Waals surface area contributed by atoms with Crippen LogP contribution in [0.4, 0.5) is 11.4 Å². The van der Waals surface area contributed by atoms with Gasteiger partial charge in [0.1, 0.15) is 5.82 Å². The lowest BCUT2D eigenvalue weighted by atomic mass is 10.2. The Kier molecular flexibility index (Phi) is 5.45. The van der Waals surface area contributed by atoms with E-state index in [1.54, 1.807) is 0 Å². The Hall–Kier alpha value is -2.80. The lowest BCUT2D eigenvalue weighted by Gasteiger charge is -2.17. The van der Waals surface area contributed by atoms with Crippen LogP contribution in [0.2, 0.25) is 0 Å². The van der Waals surface area contributed by atoms with Gasteiger partial charge in [-0.05, 0) is 62.1 Å². The normalized spacial score (nSPS) is 16.1. The van der Waals surface area contributed by atoms with Crippen molar-refractivity contribution in [3.05, 3.63) is 60.4 Å². The van der Waals surface area contributed by atoms with E-state index in [-0.39, 0.29) is 5.91 Å². The van der Waals surface area contributed by atoms with Gasteiger partial charge in [0.05, 0.1) is 5.75 Å². The molecule has 7 heteroatoms. The first-order chi connectivity index (χ1) is 14.8. The zero-order valence-corrected chi connectivity index (χ0v) is 17.6. The van der Waals surface area contributed by atoms with Crippen LogP contribution in [0.15, 0.2) is 59.8 Å². The Bertz CT molecular complexity index is 1010. The van der Waals surface area contributed by atoms with Crippen molar-refractivity contribution in [2.24, 2.45) is 0 Å².